The summed E-state index contributed by atoms with van der Waals surface area (Å²) in [6.07, 6.45) is 0.502. The molecule has 0 unspecified atom stereocenters. The number of thiazole rings is 1. The summed E-state index contributed by atoms with van der Waals surface area (Å²) in [7, 11) is 4.05. The van der Waals surface area contributed by atoms with Gasteiger partial charge in [0, 0.05) is 30.2 Å². The number of aryl methyl sites for hydroxylation is 1. The molecule has 0 radical (unpaired) electrons. The molecule has 0 spiro atoms. The lowest BCUT2D eigenvalue weighted by Crippen LogP contribution is -2.36. The smallest absolute Gasteiger partial charge is 0.229 e. The summed E-state index contributed by atoms with van der Waals surface area (Å²) < 4.78 is 1.13. The number of hydrogen-bond acceptors (Lipinski definition) is 5. The molecule has 0 fully saturated rings. The molecule has 0 aliphatic rings. The lowest BCUT2D eigenvalue weighted by Gasteiger charge is -2.22. The number of amides is 1. The normalized spacial score (nSPS) is 11.3. The summed E-state index contributed by atoms with van der Waals surface area (Å²) in [5.41, 5.74) is 2.17. The second kappa shape index (κ2) is 9.35. The van der Waals surface area contributed by atoms with E-state index in [9.17, 15) is 4.79 Å². The Kier molecular flexibility index (Phi) is 6.88. The van der Waals surface area contributed by atoms with Crippen LogP contribution in [0.1, 0.15) is 12.0 Å². The number of fused-ring (bicyclic) bond motifs is 1. The van der Waals surface area contributed by atoms with Gasteiger partial charge in [0.05, 0.1) is 10.2 Å². The van der Waals surface area contributed by atoms with Gasteiger partial charge >= 0.3 is 0 Å². The average molecular weight is 400 g/mol. The van der Waals surface area contributed by atoms with Crippen LogP contribution in [0.15, 0.2) is 53.4 Å². The van der Waals surface area contributed by atoms with Crippen LogP contribution in [-0.4, -0.2) is 48.7 Å². The molecule has 0 atom stereocenters. The molecule has 1 amide bonds. The lowest BCUT2D eigenvalue weighted by molar-refractivity contribution is -0.118. The molecule has 6 heteroatoms. The number of aromatic nitrogens is 1. The van der Waals surface area contributed by atoms with Gasteiger partial charge in [-0.3, -0.25) is 9.69 Å². The van der Waals surface area contributed by atoms with E-state index in [0.717, 1.165) is 27.6 Å². The van der Waals surface area contributed by atoms with E-state index in [1.807, 2.05) is 43.3 Å². The Morgan fingerprint density at radius 1 is 1.11 bits per heavy atom. The molecule has 142 valence electrons. The van der Waals surface area contributed by atoms with Crippen LogP contribution in [0, 0.1) is 6.92 Å². The fourth-order valence-electron chi connectivity index (χ4n) is 2.67. The minimum absolute atomic E-state index is 0.135. The Morgan fingerprint density at radius 2 is 1.89 bits per heavy atom. The van der Waals surface area contributed by atoms with E-state index >= 15 is 0 Å². The standard InChI is InChI=1S/C21H25N3OS2/c1-16-9-10-18-19(15-16)27-21(22-18)24(13-12-23(2)3)20(25)11-14-26-17-7-5-4-6-8-17/h4-10,15H,11-14H2,1-3H3. The molecule has 0 bridgehead atoms. The largest absolute Gasteiger partial charge is 0.308 e. The van der Waals surface area contributed by atoms with Crippen LogP contribution in [0.3, 0.4) is 0 Å². The Hall–Kier alpha value is -1.89. The molecule has 0 N–H and O–H groups in total. The zero-order valence-electron chi connectivity index (χ0n) is 16.0. The SMILES string of the molecule is Cc1ccc2nc(N(CCN(C)C)C(=O)CCSc3ccccc3)sc2c1. The van der Waals surface area contributed by atoms with Crippen molar-refractivity contribution in [3.63, 3.8) is 0 Å². The highest BCUT2D eigenvalue weighted by atomic mass is 32.2. The number of rotatable bonds is 8. The van der Waals surface area contributed by atoms with Gasteiger partial charge in [-0.05, 0) is 50.8 Å². The molecule has 4 nitrogen and oxygen atoms in total. The Balaban J connectivity index is 1.71. The molecule has 27 heavy (non-hydrogen) atoms. The third kappa shape index (κ3) is 5.54. The van der Waals surface area contributed by atoms with E-state index < -0.39 is 0 Å². The Morgan fingerprint density at radius 3 is 2.63 bits per heavy atom. The molecule has 0 aliphatic heterocycles. The second-order valence-corrected chi connectivity index (χ2v) is 8.91. The van der Waals surface area contributed by atoms with Crippen molar-refractivity contribution in [1.29, 1.82) is 0 Å². The predicted octanol–water partition coefficient (Wildman–Crippen LogP) is 4.68. The van der Waals surface area contributed by atoms with Gasteiger partial charge in [0.2, 0.25) is 5.91 Å². The minimum Gasteiger partial charge on any atom is -0.308 e. The maximum Gasteiger partial charge on any atom is 0.229 e. The quantitative estimate of drug-likeness (QED) is 0.515. The highest BCUT2D eigenvalue weighted by molar-refractivity contribution is 7.99. The van der Waals surface area contributed by atoms with Crippen molar-refractivity contribution in [2.75, 3.05) is 37.8 Å². The van der Waals surface area contributed by atoms with Crippen molar-refractivity contribution < 1.29 is 4.79 Å². The highest BCUT2D eigenvalue weighted by Gasteiger charge is 2.19. The summed E-state index contributed by atoms with van der Waals surface area (Å²) in [4.78, 5) is 22.8. The molecule has 1 heterocycles. The average Bonchev–Trinajstić information content (AvgIpc) is 3.05. The summed E-state index contributed by atoms with van der Waals surface area (Å²) >= 11 is 3.32. The van der Waals surface area contributed by atoms with Crippen molar-refractivity contribution in [1.82, 2.24) is 9.88 Å². The van der Waals surface area contributed by atoms with E-state index in [4.69, 9.17) is 4.98 Å². The lowest BCUT2D eigenvalue weighted by atomic mass is 10.2. The maximum absolute atomic E-state index is 13.0. The van der Waals surface area contributed by atoms with Crippen LogP contribution >= 0.6 is 23.1 Å². The molecule has 0 aliphatic carbocycles. The number of likely N-dealkylation sites (N-methyl/N-ethyl adjacent to an activating group) is 1. The van der Waals surface area contributed by atoms with Gasteiger partial charge in [0.15, 0.2) is 5.13 Å². The third-order valence-corrected chi connectivity index (χ3v) is 6.22. The molecule has 3 aromatic rings. The summed E-state index contributed by atoms with van der Waals surface area (Å²) in [5, 5.41) is 0.798. The number of nitrogens with zero attached hydrogens (tertiary/aromatic N) is 3. The molecular weight excluding hydrogens is 374 g/mol. The van der Waals surface area contributed by atoms with Crippen molar-refractivity contribution >= 4 is 44.4 Å². The maximum atomic E-state index is 13.0. The van der Waals surface area contributed by atoms with Gasteiger partial charge < -0.3 is 4.90 Å². The molecule has 2 aromatic carbocycles. The number of thioether (sulfide) groups is 1. The van der Waals surface area contributed by atoms with Crippen molar-refractivity contribution in [2.45, 2.75) is 18.2 Å². The number of hydrogen-bond donors (Lipinski definition) is 0. The Bertz CT molecular complexity index is 893. The molecular formula is C21H25N3OS2. The minimum atomic E-state index is 0.135. The van der Waals surface area contributed by atoms with Gasteiger partial charge in [-0.1, -0.05) is 35.6 Å². The fraction of sp³-hybridized carbons (Fsp3) is 0.333. The van der Waals surface area contributed by atoms with Crippen LogP contribution < -0.4 is 4.90 Å². The topological polar surface area (TPSA) is 36.4 Å². The zero-order valence-corrected chi connectivity index (χ0v) is 17.6. The Labute approximate surface area is 169 Å². The van der Waals surface area contributed by atoms with Gasteiger partial charge in [-0.15, -0.1) is 11.8 Å². The van der Waals surface area contributed by atoms with Crippen LogP contribution in [0.5, 0.6) is 0 Å². The molecule has 0 saturated heterocycles. The molecule has 1 aromatic heterocycles. The van der Waals surface area contributed by atoms with Crippen LogP contribution in [-0.2, 0) is 4.79 Å². The first kappa shape index (κ1) is 19.9. The van der Waals surface area contributed by atoms with Gasteiger partial charge in [0.1, 0.15) is 0 Å². The van der Waals surface area contributed by atoms with Gasteiger partial charge in [0.25, 0.3) is 0 Å². The van der Waals surface area contributed by atoms with E-state index in [1.165, 1.54) is 10.5 Å². The molecule has 0 saturated carbocycles. The number of carbonyl (C=O) groups excluding carboxylic acids is 1. The van der Waals surface area contributed by atoms with Crippen molar-refractivity contribution in [3.8, 4) is 0 Å². The first-order valence-corrected chi connectivity index (χ1v) is 10.8. The van der Waals surface area contributed by atoms with E-state index in [0.29, 0.717) is 13.0 Å². The molecule has 3 rings (SSSR count). The number of carbonyl (C=O) groups is 1. The van der Waals surface area contributed by atoms with Crippen molar-refractivity contribution in [3.05, 3.63) is 54.1 Å². The summed E-state index contributed by atoms with van der Waals surface area (Å²) in [6.45, 7) is 3.54. The zero-order chi connectivity index (χ0) is 19.2. The number of benzene rings is 2. The first-order chi connectivity index (χ1) is 13.0. The van der Waals surface area contributed by atoms with Crippen LogP contribution in [0.25, 0.3) is 10.2 Å². The van der Waals surface area contributed by atoms with Crippen molar-refractivity contribution in [2.24, 2.45) is 0 Å². The third-order valence-electron chi connectivity index (χ3n) is 4.16. The van der Waals surface area contributed by atoms with E-state index in [-0.39, 0.29) is 5.91 Å². The number of anilines is 1. The second-order valence-electron chi connectivity index (χ2n) is 6.73. The first-order valence-electron chi connectivity index (χ1n) is 9.03. The monoisotopic (exact) mass is 399 g/mol. The summed E-state index contributed by atoms with van der Waals surface area (Å²) in [6, 6.07) is 16.4. The van der Waals surface area contributed by atoms with E-state index in [2.05, 4.69) is 36.1 Å². The fourth-order valence-corrected chi connectivity index (χ4v) is 4.64. The summed E-state index contributed by atoms with van der Waals surface area (Å²) in [5.74, 6) is 0.904. The predicted molar refractivity (Wildman–Crippen MR) is 117 cm³/mol. The highest BCUT2D eigenvalue weighted by Crippen LogP contribution is 2.30. The van der Waals surface area contributed by atoms with Crippen LogP contribution in [0.4, 0.5) is 5.13 Å². The van der Waals surface area contributed by atoms with Crippen LogP contribution in [0.2, 0.25) is 0 Å². The van der Waals surface area contributed by atoms with Gasteiger partial charge in [-0.25, -0.2) is 4.98 Å². The van der Waals surface area contributed by atoms with Gasteiger partial charge in [-0.2, -0.15) is 0 Å². The van der Waals surface area contributed by atoms with E-state index in [1.54, 1.807) is 23.1 Å².